The summed E-state index contributed by atoms with van der Waals surface area (Å²) in [6, 6.07) is -4.63. The van der Waals surface area contributed by atoms with Crippen LogP contribution in [-0.2, 0) is 19.2 Å². The molecule has 5 atom stereocenters. The molecular formula is C18H35N7O6S2. The van der Waals surface area contributed by atoms with E-state index in [0.717, 1.165) is 0 Å². The Bertz CT molecular complexity index is 691. The fourth-order valence-corrected chi connectivity index (χ4v) is 3.19. The highest BCUT2D eigenvalue weighted by atomic mass is 32.2. The van der Waals surface area contributed by atoms with Gasteiger partial charge in [0.05, 0.1) is 12.1 Å². The number of aliphatic carboxylic acids is 1. The number of rotatable bonds is 16. The number of aliphatic hydroxyl groups excluding tert-OH is 1. The lowest BCUT2D eigenvalue weighted by molar-refractivity contribution is -0.145. The molecule has 0 aromatic heterocycles. The maximum Gasteiger partial charge on any atom is 0.328 e. The fourth-order valence-electron chi connectivity index (χ4n) is 2.55. The van der Waals surface area contributed by atoms with Crippen molar-refractivity contribution in [3.05, 3.63) is 0 Å². The Hall–Kier alpha value is -2.23. The molecule has 0 radical (unpaired) electrons. The summed E-state index contributed by atoms with van der Waals surface area (Å²) in [4.78, 5) is 52.9. The molecule has 33 heavy (non-hydrogen) atoms. The number of guanidine groups is 1. The Morgan fingerprint density at radius 1 is 1.03 bits per heavy atom. The normalized spacial score (nSPS) is 15.3. The number of thioether (sulfide) groups is 1. The SMILES string of the molecule is CSCCC(NC(=O)C(N)CS)C(=O)NC(CCCN=C(N)N)C(=O)NC(C(=O)O)C(C)O. The number of aliphatic imine (C=N–C) groups is 1. The summed E-state index contributed by atoms with van der Waals surface area (Å²) in [5.74, 6) is -2.98. The number of carbonyl (C=O) groups is 4. The largest absolute Gasteiger partial charge is 0.480 e. The first-order chi connectivity index (χ1) is 15.4. The van der Waals surface area contributed by atoms with Crippen LogP contribution < -0.4 is 33.2 Å². The van der Waals surface area contributed by atoms with Crippen molar-refractivity contribution in [2.45, 2.75) is 56.5 Å². The van der Waals surface area contributed by atoms with Crippen LogP contribution in [0.3, 0.4) is 0 Å². The maximum absolute atomic E-state index is 12.9. The quantitative estimate of drug-likeness (QED) is 0.0441. The van der Waals surface area contributed by atoms with Crippen LogP contribution in [0, 0.1) is 0 Å². The molecule has 0 spiro atoms. The molecule has 0 heterocycles. The standard InChI is InChI=1S/C18H35N7O6S2/c1-9(26)13(17(30)31)25-16(29)11(4-3-6-22-18(20)21)24-15(28)12(5-7-33-2)23-14(27)10(19)8-32/h9-13,26,32H,3-8,19H2,1-2H3,(H,23,27)(H,24,28)(H,25,29)(H,30,31)(H4,20,21,22). The van der Waals surface area contributed by atoms with Gasteiger partial charge in [-0.2, -0.15) is 24.4 Å². The minimum atomic E-state index is -1.57. The Morgan fingerprint density at radius 2 is 1.58 bits per heavy atom. The Balaban J connectivity index is 5.52. The summed E-state index contributed by atoms with van der Waals surface area (Å²) in [6.07, 6.45) is 1.08. The van der Waals surface area contributed by atoms with E-state index in [1.165, 1.54) is 18.7 Å². The van der Waals surface area contributed by atoms with Gasteiger partial charge in [0.15, 0.2) is 12.0 Å². The van der Waals surface area contributed by atoms with Crippen molar-refractivity contribution < 1.29 is 29.4 Å². The van der Waals surface area contributed by atoms with Crippen LogP contribution in [0.4, 0.5) is 0 Å². The number of hydrogen-bond donors (Lipinski definition) is 9. The molecule has 0 bridgehead atoms. The van der Waals surface area contributed by atoms with Gasteiger partial charge in [-0.05, 0) is 38.2 Å². The van der Waals surface area contributed by atoms with Gasteiger partial charge in [-0.3, -0.25) is 19.4 Å². The molecule has 190 valence electrons. The van der Waals surface area contributed by atoms with E-state index in [0.29, 0.717) is 5.75 Å². The van der Waals surface area contributed by atoms with Gasteiger partial charge < -0.3 is 43.4 Å². The van der Waals surface area contributed by atoms with Crippen LogP contribution in [0.15, 0.2) is 4.99 Å². The van der Waals surface area contributed by atoms with Gasteiger partial charge in [-0.15, -0.1) is 0 Å². The number of amides is 3. The summed E-state index contributed by atoms with van der Waals surface area (Å²) >= 11 is 5.43. The third-order valence-corrected chi connectivity index (χ3v) is 5.44. The van der Waals surface area contributed by atoms with Crippen molar-refractivity contribution in [2.24, 2.45) is 22.2 Å². The highest BCUT2D eigenvalue weighted by molar-refractivity contribution is 7.98. The maximum atomic E-state index is 12.9. The molecule has 3 amide bonds. The van der Waals surface area contributed by atoms with E-state index in [-0.39, 0.29) is 37.5 Å². The number of carbonyl (C=O) groups excluding carboxylic acids is 3. The Kier molecular flexibility index (Phi) is 15.3. The molecule has 0 saturated carbocycles. The molecule has 11 N–H and O–H groups in total. The number of carboxylic acid groups (broad SMARTS) is 1. The number of aliphatic hydroxyl groups is 1. The average Bonchev–Trinajstić information content (AvgIpc) is 2.74. The molecular weight excluding hydrogens is 474 g/mol. The number of nitrogens with two attached hydrogens (primary N) is 3. The van der Waals surface area contributed by atoms with Crippen molar-refractivity contribution in [1.29, 1.82) is 0 Å². The topological polar surface area (TPSA) is 235 Å². The molecule has 13 nitrogen and oxygen atoms in total. The first kappa shape index (κ1) is 30.8. The number of thiol groups is 1. The Labute approximate surface area is 202 Å². The Morgan fingerprint density at radius 3 is 2.06 bits per heavy atom. The van der Waals surface area contributed by atoms with Gasteiger partial charge in [0.25, 0.3) is 0 Å². The second-order valence-corrected chi connectivity index (χ2v) is 8.56. The lowest BCUT2D eigenvalue weighted by atomic mass is 10.1. The second kappa shape index (κ2) is 16.4. The first-order valence-electron chi connectivity index (χ1n) is 10.2. The van der Waals surface area contributed by atoms with E-state index >= 15 is 0 Å². The second-order valence-electron chi connectivity index (χ2n) is 7.21. The summed E-state index contributed by atoms with van der Waals surface area (Å²) in [6.45, 7) is 1.38. The van der Waals surface area contributed by atoms with E-state index in [4.69, 9.17) is 17.2 Å². The summed E-state index contributed by atoms with van der Waals surface area (Å²) in [5, 5.41) is 26.1. The number of hydrogen-bond acceptors (Lipinski definition) is 9. The summed E-state index contributed by atoms with van der Waals surface area (Å²) in [7, 11) is 0. The number of nitrogens with zero attached hydrogens (tertiary/aromatic N) is 1. The molecule has 0 fully saturated rings. The predicted octanol–water partition coefficient (Wildman–Crippen LogP) is -3.03. The van der Waals surface area contributed by atoms with E-state index in [1.54, 1.807) is 0 Å². The fraction of sp³-hybridized carbons (Fsp3) is 0.722. The van der Waals surface area contributed by atoms with Crippen LogP contribution in [0.25, 0.3) is 0 Å². The van der Waals surface area contributed by atoms with Gasteiger partial charge >= 0.3 is 5.97 Å². The van der Waals surface area contributed by atoms with E-state index in [1.807, 2.05) is 6.26 Å². The van der Waals surface area contributed by atoms with Crippen molar-refractivity contribution >= 4 is 54.0 Å². The molecule has 0 saturated heterocycles. The smallest absolute Gasteiger partial charge is 0.328 e. The molecule has 5 unspecified atom stereocenters. The first-order valence-corrected chi connectivity index (χ1v) is 12.2. The molecule has 0 aromatic carbocycles. The lowest BCUT2D eigenvalue weighted by Gasteiger charge is -2.25. The van der Waals surface area contributed by atoms with Gasteiger partial charge in [0.1, 0.15) is 12.1 Å². The zero-order valence-electron chi connectivity index (χ0n) is 18.7. The predicted molar refractivity (Wildman–Crippen MR) is 130 cm³/mol. The molecule has 0 aliphatic carbocycles. The molecule has 15 heteroatoms. The van der Waals surface area contributed by atoms with Crippen molar-refractivity contribution in [3.8, 4) is 0 Å². The number of nitrogens with one attached hydrogen (secondary N) is 3. The molecule has 0 rings (SSSR count). The zero-order valence-corrected chi connectivity index (χ0v) is 20.4. The lowest BCUT2D eigenvalue weighted by Crippen LogP contribution is -2.58. The van der Waals surface area contributed by atoms with Gasteiger partial charge in [-0.25, -0.2) is 4.79 Å². The van der Waals surface area contributed by atoms with E-state index < -0.39 is 54.0 Å². The summed E-state index contributed by atoms with van der Waals surface area (Å²) in [5.41, 5.74) is 16.2. The molecule has 0 aliphatic heterocycles. The minimum absolute atomic E-state index is 0.0693. The third-order valence-electron chi connectivity index (χ3n) is 4.40. The third kappa shape index (κ3) is 12.6. The van der Waals surface area contributed by atoms with E-state index in [2.05, 4.69) is 33.6 Å². The van der Waals surface area contributed by atoms with E-state index in [9.17, 15) is 29.4 Å². The molecule has 0 aromatic rings. The van der Waals surface area contributed by atoms with Crippen molar-refractivity contribution in [3.63, 3.8) is 0 Å². The molecule has 0 aliphatic rings. The van der Waals surface area contributed by atoms with Crippen LogP contribution >= 0.6 is 24.4 Å². The minimum Gasteiger partial charge on any atom is -0.480 e. The van der Waals surface area contributed by atoms with Crippen LogP contribution in [0.5, 0.6) is 0 Å². The number of carboxylic acids is 1. The van der Waals surface area contributed by atoms with Crippen LogP contribution in [0.1, 0.15) is 26.2 Å². The van der Waals surface area contributed by atoms with Gasteiger partial charge in [0, 0.05) is 12.3 Å². The highest BCUT2D eigenvalue weighted by Gasteiger charge is 2.31. The van der Waals surface area contributed by atoms with Crippen LogP contribution in [0.2, 0.25) is 0 Å². The monoisotopic (exact) mass is 509 g/mol. The highest BCUT2D eigenvalue weighted by Crippen LogP contribution is 2.06. The zero-order chi connectivity index (χ0) is 25.6. The van der Waals surface area contributed by atoms with Crippen molar-refractivity contribution in [1.82, 2.24) is 16.0 Å². The van der Waals surface area contributed by atoms with Gasteiger partial charge in [0.2, 0.25) is 17.7 Å². The van der Waals surface area contributed by atoms with Crippen molar-refractivity contribution in [2.75, 3.05) is 24.3 Å². The van der Waals surface area contributed by atoms with Gasteiger partial charge in [-0.1, -0.05) is 0 Å². The summed E-state index contributed by atoms with van der Waals surface area (Å²) < 4.78 is 0. The van der Waals surface area contributed by atoms with Crippen LogP contribution in [-0.4, -0.2) is 94.4 Å². The average molecular weight is 510 g/mol.